The van der Waals surface area contributed by atoms with E-state index in [4.69, 9.17) is 9.15 Å². The van der Waals surface area contributed by atoms with Gasteiger partial charge in [0.25, 0.3) is 0 Å². The van der Waals surface area contributed by atoms with Crippen LogP contribution in [0.5, 0.6) is 0 Å². The van der Waals surface area contributed by atoms with Crippen LogP contribution in [0, 0.1) is 6.92 Å². The molecule has 0 aromatic carbocycles. The molecule has 5 nitrogen and oxygen atoms in total. The summed E-state index contributed by atoms with van der Waals surface area (Å²) in [4.78, 5) is 18.2. The van der Waals surface area contributed by atoms with Gasteiger partial charge in [-0.1, -0.05) is 0 Å². The highest BCUT2D eigenvalue weighted by atomic mass is 16.5. The van der Waals surface area contributed by atoms with Gasteiger partial charge in [0.1, 0.15) is 5.52 Å². The monoisotopic (exact) mass is 234 g/mol. The lowest BCUT2D eigenvalue weighted by atomic mass is 9.91. The number of oxazole rings is 1. The molecule has 1 N–H and O–H groups in total. The van der Waals surface area contributed by atoms with Crippen LogP contribution in [0.15, 0.2) is 9.21 Å². The third-order valence-electron chi connectivity index (χ3n) is 3.21. The molecule has 0 aliphatic carbocycles. The lowest BCUT2D eigenvalue weighted by molar-refractivity contribution is -0.0401. The van der Waals surface area contributed by atoms with E-state index in [1.54, 1.807) is 0 Å². The van der Waals surface area contributed by atoms with Crippen molar-refractivity contribution in [2.45, 2.75) is 39.4 Å². The standard InChI is InChI=1S/C12H14N2O3/c1-6-8-5-16-12(2,3)4-7(8)9-10(13-6)17-11(15)14-9/h4-5H2,1-3H3,(H,14,15). The molecule has 3 rings (SSSR count). The average molecular weight is 234 g/mol. The summed E-state index contributed by atoms with van der Waals surface area (Å²) in [6, 6.07) is 0. The van der Waals surface area contributed by atoms with Gasteiger partial charge >= 0.3 is 5.76 Å². The summed E-state index contributed by atoms with van der Waals surface area (Å²) in [5.41, 5.74) is 3.91. The SMILES string of the molecule is Cc1nc2oc(=O)[nH]c2c2c1COC(C)(C)C2. The van der Waals surface area contributed by atoms with Crippen LogP contribution in [0.4, 0.5) is 0 Å². The van der Waals surface area contributed by atoms with Crippen molar-refractivity contribution in [3.05, 3.63) is 27.4 Å². The molecule has 0 unspecified atom stereocenters. The summed E-state index contributed by atoms with van der Waals surface area (Å²) in [5.74, 6) is -0.454. The van der Waals surface area contributed by atoms with E-state index in [2.05, 4.69) is 9.97 Å². The normalized spacial score (nSPS) is 18.3. The summed E-state index contributed by atoms with van der Waals surface area (Å²) >= 11 is 0. The van der Waals surface area contributed by atoms with Crippen molar-refractivity contribution >= 4 is 11.2 Å². The zero-order chi connectivity index (χ0) is 12.2. The van der Waals surface area contributed by atoms with Crippen molar-refractivity contribution < 1.29 is 9.15 Å². The molecular weight excluding hydrogens is 220 g/mol. The quantitative estimate of drug-likeness (QED) is 0.753. The molecular formula is C12H14N2O3. The first-order valence-corrected chi connectivity index (χ1v) is 5.61. The van der Waals surface area contributed by atoms with E-state index < -0.39 is 5.76 Å². The van der Waals surface area contributed by atoms with E-state index in [1.165, 1.54) is 0 Å². The van der Waals surface area contributed by atoms with Gasteiger partial charge in [-0.3, -0.25) is 4.98 Å². The van der Waals surface area contributed by atoms with Crippen LogP contribution in [0.25, 0.3) is 11.2 Å². The molecule has 0 bridgehead atoms. The number of nitrogens with one attached hydrogen (secondary N) is 1. The average Bonchev–Trinajstić information content (AvgIpc) is 2.57. The van der Waals surface area contributed by atoms with Gasteiger partial charge in [0.15, 0.2) is 0 Å². The highest BCUT2D eigenvalue weighted by Crippen LogP contribution is 2.32. The first-order valence-electron chi connectivity index (χ1n) is 5.61. The van der Waals surface area contributed by atoms with Crippen LogP contribution >= 0.6 is 0 Å². The third kappa shape index (κ3) is 1.58. The molecule has 0 atom stereocenters. The molecule has 0 amide bonds. The number of aromatic amines is 1. The van der Waals surface area contributed by atoms with Gasteiger partial charge in [0.05, 0.1) is 12.2 Å². The van der Waals surface area contributed by atoms with E-state index in [0.717, 1.165) is 23.2 Å². The second-order valence-corrected chi connectivity index (χ2v) is 5.07. The highest BCUT2D eigenvalue weighted by Gasteiger charge is 2.30. The molecule has 17 heavy (non-hydrogen) atoms. The second kappa shape index (κ2) is 3.20. The van der Waals surface area contributed by atoms with Gasteiger partial charge in [-0.05, 0) is 26.3 Å². The molecule has 0 spiro atoms. The Bertz CT molecular complexity index is 652. The van der Waals surface area contributed by atoms with Crippen LogP contribution in [-0.4, -0.2) is 15.6 Å². The number of aromatic nitrogens is 2. The minimum absolute atomic E-state index is 0.220. The number of nitrogens with zero attached hydrogens (tertiary/aromatic N) is 1. The van der Waals surface area contributed by atoms with E-state index in [9.17, 15) is 4.79 Å². The lowest BCUT2D eigenvalue weighted by Crippen LogP contribution is -2.32. The Morgan fingerprint density at radius 3 is 2.88 bits per heavy atom. The number of H-pyrrole nitrogens is 1. The fourth-order valence-corrected chi connectivity index (χ4v) is 2.32. The molecule has 0 fully saturated rings. The van der Waals surface area contributed by atoms with Crippen molar-refractivity contribution in [1.82, 2.24) is 9.97 Å². The molecule has 2 aromatic heterocycles. The van der Waals surface area contributed by atoms with Gasteiger partial charge < -0.3 is 9.15 Å². The summed E-state index contributed by atoms with van der Waals surface area (Å²) in [5, 5.41) is 0. The first-order chi connectivity index (χ1) is 7.96. The van der Waals surface area contributed by atoms with Crippen LogP contribution in [0.1, 0.15) is 30.7 Å². The van der Waals surface area contributed by atoms with Gasteiger partial charge in [0, 0.05) is 17.7 Å². The predicted octanol–water partition coefficient (Wildman–Crippen LogP) is 1.68. The van der Waals surface area contributed by atoms with Crippen molar-refractivity contribution in [3.63, 3.8) is 0 Å². The van der Waals surface area contributed by atoms with E-state index >= 15 is 0 Å². The number of aryl methyl sites for hydroxylation is 1. The maximum Gasteiger partial charge on any atom is 0.418 e. The molecule has 1 aliphatic rings. The van der Waals surface area contributed by atoms with Crippen molar-refractivity contribution in [2.24, 2.45) is 0 Å². The van der Waals surface area contributed by atoms with E-state index in [1.807, 2.05) is 20.8 Å². The number of fused-ring (bicyclic) bond motifs is 3. The van der Waals surface area contributed by atoms with E-state index in [0.29, 0.717) is 17.8 Å². The Labute approximate surface area is 97.8 Å². The van der Waals surface area contributed by atoms with Crippen LogP contribution in [0.3, 0.4) is 0 Å². The number of hydrogen-bond acceptors (Lipinski definition) is 4. The maximum atomic E-state index is 11.3. The summed E-state index contributed by atoms with van der Waals surface area (Å²) in [7, 11) is 0. The Morgan fingerprint density at radius 1 is 1.35 bits per heavy atom. The molecule has 0 radical (unpaired) electrons. The largest absolute Gasteiger partial charge is 0.418 e. The second-order valence-electron chi connectivity index (χ2n) is 5.07. The smallest absolute Gasteiger partial charge is 0.389 e. The number of ether oxygens (including phenoxy) is 1. The van der Waals surface area contributed by atoms with Crippen LogP contribution in [0.2, 0.25) is 0 Å². The predicted molar refractivity (Wildman–Crippen MR) is 61.9 cm³/mol. The molecule has 5 heteroatoms. The lowest BCUT2D eigenvalue weighted by Gasteiger charge is -2.32. The van der Waals surface area contributed by atoms with Crippen molar-refractivity contribution in [3.8, 4) is 0 Å². The van der Waals surface area contributed by atoms with Crippen molar-refractivity contribution in [1.29, 1.82) is 0 Å². The van der Waals surface area contributed by atoms with Gasteiger partial charge in [-0.25, -0.2) is 9.78 Å². The van der Waals surface area contributed by atoms with Crippen LogP contribution in [-0.2, 0) is 17.8 Å². The summed E-state index contributed by atoms with van der Waals surface area (Å²) in [6.07, 6.45) is 0.748. The zero-order valence-corrected chi connectivity index (χ0v) is 10.1. The number of pyridine rings is 1. The minimum Gasteiger partial charge on any atom is -0.389 e. The third-order valence-corrected chi connectivity index (χ3v) is 3.21. The molecule has 0 saturated carbocycles. The Kier molecular flexibility index (Phi) is 1.98. The molecule has 0 saturated heterocycles. The van der Waals surface area contributed by atoms with Crippen LogP contribution < -0.4 is 5.76 Å². The summed E-state index contributed by atoms with van der Waals surface area (Å²) in [6.45, 7) is 6.52. The maximum absolute atomic E-state index is 11.3. The fourth-order valence-electron chi connectivity index (χ4n) is 2.32. The van der Waals surface area contributed by atoms with Gasteiger partial charge in [-0.15, -0.1) is 0 Å². The van der Waals surface area contributed by atoms with Crippen molar-refractivity contribution in [2.75, 3.05) is 0 Å². The minimum atomic E-state index is -0.454. The fraction of sp³-hybridized carbons (Fsp3) is 0.500. The highest BCUT2D eigenvalue weighted by molar-refractivity contribution is 5.74. The zero-order valence-electron chi connectivity index (χ0n) is 10.1. The number of rotatable bonds is 0. The van der Waals surface area contributed by atoms with E-state index in [-0.39, 0.29) is 5.60 Å². The van der Waals surface area contributed by atoms with Gasteiger partial charge in [-0.2, -0.15) is 0 Å². The topological polar surface area (TPSA) is 68.1 Å². The summed E-state index contributed by atoms with van der Waals surface area (Å²) < 4.78 is 10.8. The molecule has 90 valence electrons. The number of hydrogen-bond donors (Lipinski definition) is 1. The molecule has 3 heterocycles. The Hall–Kier alpha value is -1.62. The Balaban J connectivity index is 2.34. The molecule has 1 aliphatic heterocycles. The van der Waals surface area contributed by atoms with Gasteiger partial charge in [0.2, 0.25) is 5.71 Å². The first kappa shape index (κ1) is 10.5. The molecule has 2 aromatic rings. The Morgan fingerprint density at radius 2 is 2.12 bits per heavy atom.